The van der Waals surface area contributed by atoms with Crippen LogP contribution in [0.15, 0.2) is 30.6 Å². The lowest BCUT2D eigenvalue weighted by Gasteiger charge is -2.36. The largest absolute Gasteiger partial charge is 0.366 e. The van der Waals surface area contributed by atoms with Gasteiger partial charge in [0.2, 0.25) is 5.28 Å². The maximum absolute atomic E-state index is 13.9. The number of nitrogens with zero attached hydrogens (tertiary/aromatic N) is 5. The fourth-order valence-corrected chi connectivity index (χ4v) is 3.05. The molecule has 0 unspecified atom stereocenters. The van der Waals surface area contributed by atoms with Gasteiger partial charge in [-0.3, -0.25) is 0 Å². The molecule has 1 aromatic carbocycles. The molecule has 3 aromatic rings. The van der Waals surface area contributed by atoms with Crippen LogP contribution in [0.4, 0.5) is 15.9 Å². The lowest BCUT2D eigenvalue weighted by molar-refractivity contribution is 0.596. The number of anilines is 2. The molecule has 0 aliphatic carbocycles. The summed E-state index contributed by atoms with van der Waals surface area (Å²) < 4.78 is 13.9. The predicted molar refractivity (Wildman–Crippen MR) is 87.5 cm³/mol. The maximum Gasteiger partial charge on any atom is 0.226 e. The lowest BCUT2D eigenvalue weighted by Crippen LogP contribution is -2.47. The highest BCUT2D eigenvalue weighted by molar-refractivity contribution is 6.28. The first kappa shape index (κ1) is 14.2. The molecule has 0 amide bonds. The van der Waals surface area contributed by atoms with Crippen LogP contribution >= 0.6 is 11.6 Å². The highest BCUT2D eigenvalue weighted by Gasteiger charge is 2.23. The molecule has 2 aromatic heterocycles. The molecule has 0 saturated carbocycles. The van der Waals surface area contributed by atoms with Crippen molar-refractivity contribution in [2.45, 2.75) is 0 Å². The third-order valence-electron chi connectivity index (χ3n) is 4.01. The SMILES string of the molecule is Fc1ccccc1N1CCN(c2nc(Cl)nc3nc[nH]c23)CC1. The van der Waals surface area contributed by atoms with Gasteiger partial charge in [-0.15, -0.1) is 0 Å². The second-order valence-corrected chi connectivity index (χ2v) is 5.68. The van der Waals surface area contributed by atoms with E-state index in [4.69, 9.17) is 11.6 Å². The van der Waals surface area contributed by atoms with Crippen molar-refractivity contribution in [3.63, 3.8) is 0 Å². The number of rotatable bonds is 2. The van der Waals surface area contributed by atoms with E-state index in [1.54, 1.807) is 18.5 Å². The third kappa shape index (κ3) is 2.57. The Labute approximate surface area is 136 Å². The third-order valence-corrected chi connectivity index (χ3v) is 4.18. The van der Waals surface area contributed by atoms with Crippen molar-refractivity contribution in [1.82, 2.24) is 19.9 Å². The zero-order chi connectivity index (χ0) is 15.8. The number of fused-ring (bicyclic) bond motifs is 1. The highest BCUT2D eigenvalue weighted by atomic mass is 35.5. The maximum atomic E-state index is 13.9. The van der Waals surface area contributed by atoms with Gasteiger partial charge in [0, 0.05) is 26.2 Å². The van der Waals surface area contributed by atoms with Gasteiger partial charge in [0.25, 0.3) is 0 Å². The number of para-hydroxylation sites is 1. The predicted octanol–water partition coefficient (Wildman–Crippen LogP) is 2.47. The van der Waals surface area contributed by atoms with Crippen molar-refractivity contribution >= 4 is 34.3 Å². The summed E-state index contributed by atoms with van der Waals surface area (Å²) in [5.74, 6) is 0.549. The van der Waals surface area contributed by atoms with Crippen LogP contribution in [0.2, 0.25) is 5.28 Å². The molecule has 0 atom stereocenters. The molecule has 23 heavy (non-hydrogen) atoms. The summed E-state index contributed by atoms with van der Waals surface area (Å²) >= 11 is 5.98. The number of hydrogen-bond donors (Lipinski definition) is 1. The second kappa shape index (κ2) is 5.66. The zero-order valence-electron chi connectivity index (χ0n) is 12.2. The molecule has 3 heterocycles. The van der Waals surface area contributed by atoms with Crippen LogP contribution in [-0.2, 0) is 0 Å². The molecule has 1 saturated heterocycles. The van der Waals surface area contributed by atoms with Crippen molar-refractivity contribution in [3.8, 4) is 0 Å². The minimum Gasteiger partial charge on any atom is -0.366 e. The Morgan fingerprint density at radius 2 is 1.78 bits per heavy atom. The van der Waals surface area contributed by atoms with Gasteiger partial charge >= 0.3 is 0 Å². The number of nitrogens with one attached hydrogen (secondary N) is 1. The summed E-state index contributed by atoms with van der Waals surface area (Å²) in [7, 11) is 0. The van der Waals surface area contributed by atoms with Crippen LogP contribution < -0.4 is 9.80 Å². The minimum atomic E-state index is -0.193. The van der Waals surface area contributed by atoms with E-state index in [1.807, 2.05) is 11.0 Å². The Hall–Kier alpha value is -2.41. The molecule has 0 radical (unpaired) electrons. The summed E-state index contributed by atoms with van der Waals surface area (Å²) in [4.78, 5) is 19.8. The number of halogens is 2. The number of aromatic nitrogens is 4. The standard InChI is InChI=1S/C15H14ClFN6/c16-15-20-13-12(18-9-19-13)14(21-15)23-7-5-22(6-8-23)11-4-2-1-3-10(11)17/h1-4,9H,5-8H2,(H,18,19,20,21). The number of hydrogen-bond acceptors (Lipinski definition) is 5. The first-order chi connectivity index (χ1) is 11.2. The molecular weight excluding hydrogens is 319 g/mol. The smallest absolute Gasteiger partial charge is 0.226 e. The van der Waals surface area contributed by atoms with Gasteiger partial charge in [-0.05, 0) is 23.7 Å². The molecule has 1 fully saturated rings. The molecule has 1 N–H and O–H groups in total. The zero-order valence-corrected chi connectivity index (χ0v) is 13.0. The Bertz CT molecular complexity index is 843. The molecule has 0 spiro atoms. The van der Waals surface area contributed by atoms with E-state index in [1.165, 1.54) is 6.07 Å². The summed E-state index contributed by atoms with van der Waals surface area (Å²) in [5, 5.41) is 0.177. The van der Waals surface area contributed by atoms with Gasteiger partial charge in [-0.25, -0.2) is 9.37 Å². The van der Waals surface area contributed by atoms with Gasteiger partial charge < -0.3 is 14.8 Å². The average molecular weight is 333 g/mol. The van der Waals surface area contributed by atoms with E-state index in [2.05, 4.69) is 24.8 Å². The van der Waals surface area contributed by atoms with Crippen LogP contribution in [-0.4, -0.2) is 46.1 Å². The topological polar surface area (TPSA) is 60.9 Å². The highest BCUT2D eigenvalue weighted by Crippen LogP contribution is 2.26. The average Bonchev–Trinajstić information content (AvgIpc) is 3.03. The monoisotopic (exact) mass is 332 g/mol. The van der Waals surface area contributed by atoms with Crippen LogP contribution in [0.5, 0.6) is 0 Å². The number of piperazine rings is 1. The molecule has 8 heteroatoms. The number of aromatic amines is 1. The molecule has 0 bridgehead atoms. The van der Waals surface area contributed by atoms with Gasteiger partial charge in [0.05, 0.1) is 12.0 Å². The Balaban J connectivity index is 1.57. The van der Waals surface area contributed by atoms with E-state index >= 15 is 0 Å². The van der Waals surface area contributed by atoms with Gasteiger partial charge in [0.1, 0.15) is 11.3 Å². The van der Waals surface area contributed by atoms with E-state index in [-0.39, 0.29) is 11.1 Å². The van der Waals surface area contributed by atoms with Gasteiger partial charge in [-0.1, -0.05) is 12.1 Å². The van der Waals surface area contributed by atoms with E-state index in [0.717, 1.165) is 24.4 Å². The van der Waals surface area contributed by atoms with Crippen molar-refractivity contribution in [2.24, 2.45) is 0 Å². The summed E-state index contributed by atoms with van der Waals surface area (Å²) in [6.45, 7) is 2.85. The Kier molecular flexibility index (Phi) is 3.49. The number of H-pyrrole nitrogens is 1. The molecule has 6 nitrogen and oxygen atoms in total. The lowest BCUT2D eigenvalue weighted by atomic mass is 10.2. The second-order valence-electron chi connectivity index (χ2n) is 5.34. The van der Waals surface area contributed by atoms with Gasteiger partial charge in [0.15, 0.2) is 11.5 Å². The quantitative estimate of drug-likeness (QED) is 0.730. The number of imidazole rings is 1. The normalized spacial score (nSPS) is 15.4. The molecule has 1 aliphatic rings. The summed E-state index contributed by atoms with van der Waals surface area (Å²) in [6, 6.07) is 6.84. The van der Waals surface area contributed by atoms with Crippen LogP contribution in [0.25, 0.3) is 11.2 Å². The van der Waals surface area contributed by atoms with Crippen LogP contribution in [0, 0.1) is 5.82 Å². The van der Waals surface area contributed by atoms with Gasteiger partial charge in [-0.2, -0.15) is 9.97 Å². The fraction of sp³-hybridized carbons (Fsp3) is 0.267. The first-order valence-corrected chi connectivity index (χ1v) is 7.71. The van der Waals surface area contributed by atoms with Crippen molar-refractivity contribution in [3.05, 3.63) is 41.7 Å². The summed E-state index contributed by atoms with van der Waals surface area (Å²) in [5.41, 5.74) is 1.96. The summed E-state index contributed by atoms with van der Waals surface area (Å²) in [6.07, 6.45) is 1.58. The van der Waals surface area contributed by atoms with E-state index in [9.17, 15) is 4.39 Å². The van der Waals surface area contributed by atoms with Crippen LogP contribution in [0.1, 0.15) is 0 Å². The Morgan fingerprint density at radius 1 is 1.04 bits per heavy atom. The number of benzene rings is 1. The van der Waals surface area contributed by atoms with Crippen molar-refractivity contribution in [1.29, 1.82) is 0 Å². The van der Waals surface area contributed by atoms with Crippen molar-refractivity contribution in [2.75, 3.05) is 36.0 Å². The van der Waals surface area contributed by atoms with E-state index in [0.29, 0.717) is 24.4 Å². The minimum absolute atomic E-state index is 0.177. The van der Waals surface area contributed by atoms with Crippen molar-refractivity contribution < 1.29 is 4.39 Å². The van der Waals surface area contributed by atoms with E-state index < -0.39 is 0 Å². The molecule has 1 aliphatic heterocycles. The van der Waals surface area contributed by atoms with Crippen LogP contribution in [0.3, 0.4) is 0 Å². The Morgan fingerprint density at radius 3 is 2.57 bits per heavy atom. The first-order valence-electron chi connectivity index (χ1n) is 7.33. The molecular formula is C15H14ClFN6. The molecule has 4 rings (SSSR count). The molecule has 118 valence electrons. The fourth-order valence-electron chi connectivity index (χ4n) is 2.89.